The molecule has 5 N–H and O–H groups in total. The van der Waals surface area contributed by atoms with Crippen molar-refractivity contribution in [1.29, 1.82) is 0 Å². The molecule has 0 radical (unpaired) electrons. The Kier molecular flexibility index (Phi) is 8.49. The number of phenols is 1. The normalized spacial score (nSPS) is 12.3. The second-order valence-corrected chi connectivity index (χ2v) is 10.4. The van der Waals surface area contributed by atoms with Crippen molar-refractivity contribution in [3.8, 4) is 16.9 Å². The van der Waals surface area contributed by atoms with Gasteiger partial charge in [-0.05, 0) is 55.5 Å². The van der Waals surface area contributed by atoms with Crippen LogP contribution in [0.1, 0.15) is 52.7 Å². The van der Waals surface area contributed by atoms with E-state index in [1.807, 2.05) is 24.3 Å². The zero-order valence-corrected chi connectivity index (χ0v) is 19.3. The van der Waals surface area contributed by atoms with E-state index in [0.29, 0.717) is 17.3 Å². The van der Waals surface area contributed by atoms with Gasteiger partial charge in [-0.2, -0.15) is 0 Å². The molecule has 2 aromatic rings. The van der Waals surface area contributed by atoms with Crippen molar-refractivity contribution >= 4 is 19.4 Å². The van der Waals surface area contributed by atoms with E-state index in [1.54, 1.807) is 0 Å². The topological polar surface area (TPSA) is 110 Å². The maximum absolute atomic E-state index is 10.8. The van der Waals surface area contributed by atoms with Crippen molar-refractivity contribution in [3.05, 3.63) is 52.5 Å². The standard InChI is InChI=1S/C21H28ClNO.H3O4P/c1-20(2,3)16-11-15(13-23-21(4,5)6)19(24)18(12-16)14-7-9-17(22)10-8-14;1-5(2,3)4/h7-12,23-24H,13H2,1-6H3;(H3,1,2,3,4). The molecule has 0 aliphatic carbocycles. The quantitative estimate of drug-likeness (QED) is 0.428. The van der Waals surface area contributed by atoms with Crippen LogP contribution in [0.15, 0.2) is 36.4 Å². The second kappa shape index (κ2) is 9.61. The number of benzene rings is 2. The molecular weight excluding hydrogens is 413 g/mol. The molecular formula is C21H31ClNO5P. The number of hydrogen-bond acceptors (Lipinski definition) is 3. The van der Waals surface area contributed by atoms with Gasteiger partial charge in [0.15, 0.2) is 0 Å². The predicted octanol–water partition coefficient (Wildman–Crippen LogP) is 4.97. The minimum atomic E-state index is -4.64. The van der Waals surface area contributed by atoms with Gasteiger partial charge in [-0.1, -0.05) is 50.6 Å². The lowest BCUT2D eigenvalue weighted by atomic mass is 9.83. The Hall–Kier alpha value is -1.40. The minimum absolute atomic E-state index is 0.00532. The molecule has 6 nitrogen and oxygen atoms in total. The summed E-state index contributed by atoms with van der Waals surface area (Å²) in [6, 6.07) is 11.8. The van der Waals surface area contributed by atoms with Gasteiger partial charge in [-0.15, -0.1) is 0 Å². The molecule has 0 bridgehead atoms. The Labute approximate surface area is 177 Å². The maximum atomic E-state index is 10.8. The fraction of sp³-hybridized carbons (Fsp3) is 0.429. The van der Waals surface area contributed by atoms with Gasteiger partial charge in [0, 0.05) is 28.2 Å². The van der Waals surface area contributed by atoms with E-state index in [2.05, 4.69) is 59.0 Å². The van der Waals surface area contributed by atoms with Gasteiger partial charge in [0.25, 0.3) is 0 Å². The number of phosphoric acid groups is 1. The Morgan fingerprint density at radius 1 is 0.966 bits per heavy atom. The number of phenolic OH excluding ortho intramolecular Hbond substituents is 1. The zero-order chi connectivity index (χ0) is 22.6. The van der Waals surface area contributed by atoms with Crippen LogP contribution in [0.25, 0.3) is 11.1 Å². The molecule has 162 valence electrons. The molecule has 0 fully saturated rings. The highest BCUT2D eigenvalue weighted by atomic mass is 35.5. The summed E-state index contributed by atoms with van der Waals surface area (Å²) in [6.45, 7) is 13.6. The third-order valence-corrected chi connectivity index (χ3v) is 4.27. The average molecular weight is 444 g/mol. The predicted molar refractivity (Wildman–Crippen MR) is 118 cm³/mol. The average Bonchev–Trinajstić information content (AvgIpc) is 2.51. The molecule has 29 heavy (non-hydrogen) atoms. The molecule has 0 saturated carbocycles. The van der Waals surface area contributed by atoms with E-state index in [4.69, 9.17) is 30.8 Å². The fourth-order valence-corrected chi connectivity index (χ4v) is 2.60. The maximum Gasteiger partial charge on any atom is 0.466 e. The Bertz CT molecular complexity index is 856. The van der Waals surface area contributed by atoms with Crippen LogP contribution < -0.4 is 5.32 Å². The molecule has 0 aromatic heterocycles. The summed E-state index contributed by atoms with van der Waals surface area (Å²) in [5.74, 6) is 0.335. The molecule has 8 heteroatoms. The van der Waals surface area contributed by atoms with Crippen LogP contribution in [0.4, 0.5) is 0 Å². The van der Waals surface area contributed by atoms with Crippen molar-refractivity contribution in [3.63, 3.8) is 0 Å². The van der Waals surface area contributed by atoms with Gasteiger partial charge >= 0.3 is 7.82 Å². The molecule has 0 aliphatic heterocycles. The number of rotatable bonds is 3. The lowest BCUT2D eigenvalue weighted by Crippen LogP contribution is -2.35. The largest absolute Gasteiger partial charge is 0.507 e. The second-order valence-electron chi connectivity index (χ2n) is 8.91. The summed E-state index contributed by atoms with van der Waals surface area (Å²) < 4.78 is 8.88. The van der Waals surface area contributed by atoms with E-state index in [0.717, 1.165) is 16.7 Å². The monoisotopic (exact) mass is 443 g/mol. The van der Waals surface area contributed by atoms with Crippen LogP contribution in [0, 0.1) is 0 Å². The first kappa shape index (κ1) is 25.6. The summed E-state index contributed by atoms with van der Waals surface area (Å²) in [6.07, 6.45) is 0. The van der Waals surface area contributed by atoms with Gasteiger partial charge in [0.1, 0.15) is 5.75 Å². The van der Waals surface area contributed by atoms with Gasteiger partial charge in [-0.25, -0.2) is 4.57 Å². The molecule has 0 spiro atoms. The summed E-state index contributed by atoms with van der Waals surface area (Å²) in [4.78, 5) is 21.6. The van der Waals surface area contributed by atoms with E-state index in [-0.39, 0.29) is 11.0 Å². The molecule has 2 aromatic carbocycles. The lowest BCUT2D eigenvalue weighted by Gasteiger charge is -2.25. The SMILES string of the molecule is CC(C)(C)NCc1cc(C(C)(C)C)cc(-c2ccc(Cl)cc2)c1O.O=P(O)(O)O. The zero-order valence-electron chi connectivity index (χ0n) is 17.7. The lowest BCUT2D eigenvalue weighted by molar-refractivity contribution is 0.275. The minimum Gasteiger partial charge on any atom is -0.507 e. The highest BCUT2D eigenvalue weighted by Crippen LogP contribution is 2.37. The summed E-state index contributed by atoms with van der Waals surface area (Å²) in [5.41, 5.74) is 3.94. The third kappa shape index (κ3) is 9.77. The van der Waals surface area contributed by atoms with Crippen molar-refractivity contribution in [2.45, 2.75) is 59.0 Å². The fourth-order valence-electron chi connectivity index (χ4n) is 2.47. The van der Waals surface area contributed by atoms with Crippen LogP contribution in [-0.4, -0.2) is 25.3 Å². The molecule has 0 heterocycles. The number of nitrogens with one attached hydrogen (secondary N) is 1. The number of aromatic hydroxyl groups is 1. The third-order valence-electron chi connectivity index (χ3n) is 4.02. The molecule has 2 rings (SSSR count). The van der Waals surface area contributed by atoms with Gasteiger partial charge in [0.2, 0.25) is 0 Å². The molecule has 0 unspecified atom stereocenters. The molecule has 0 aliphatic rings. The van der Waals surface area contributed by atoms with Crippen LogP contribution in [0.5, 0.6) is 5.75 Å². The first-order chi connectivity index (χ1) is 13.0. The summed E-state index contributed by atoms with van der Waals surface area (Å²) in [7, 11) is -4.64. The van der Waals surface area contributed by atoms with Crippen LogP contribution in [0.3, 0.4) is 0 Å². The van der Waals surface area contributed by atoms with Crippen molar-refractivity contribution < 1.29 is 24.4 Å². The smallest absolute Gasteiger partial charge is 0.466 e. The van der Waals surface area contributed by atoms with Crippen molar-refractivity contribution in [2.24, 2.45) is 0 Å². The first-order valence-electron chi connectivity index (χ1n) is 9.13. The Balaban J connectivity index is 0.000000749. The molecule has 0 atom stereocenters. The number of hydrogen-bond donors (Lipinski definition) is 5. The Morgan fingerprint density at radius 2 is 1.45 bits per heavy atom. The van der Waals surface area contributed by atoms with E-state index in [9.17, 15) is 5.11 Å². The van der Waals surface area contributed by atoms with E-state index in [1.165, 1.54) is 5.56 Å². The van der Waals surface area contributed by atoms with Gasteiger partial charge in [0.05, 0.1) is 0 Å². The van der Waals surface area contributed by atoms with E-state index < -0.39 is 7.82 Å². The number of halogens is 1. The first-order valence-corrected chi connectivity index (χ1v) is 11.1. The summed E-state index contributed by atoms with van der Waals surface area (Å²) >= 11 is 6.00. The highest BCUT2D eigenvalue weighted by Gasteiger charge is 2.20. The van der Waals surface area contributed by atoms with Crippen LogP contribution >= 0.6 is 19.4 Å². The Morgan fingerprint density at radius 3 is 1.86 bits per heavy atom. The van der Waals surface area contributed by atoms with E-state index >= 15 is 0 Å². The van der Waals surface area contributed by atoms with Crippen LogP contribution in [0.2, 0.25) is 5.02 Å². The van der Waals surface area contributed by atoms with Gasteiger partial charge < -0.3 is 25.1 Å². The van der Waals surface area contributed by atoms with Crippen molar-refractivity contribution in [2.75, 3.05) is 0 Å². The molecule has 0 saturated heterocycles. The molecule has 0 amide bonds. The summed E-state index contributed by atoms with van der Waals surface area (Å²) in [5, 5.41) is 15.0. The van der Waals surface area contributed by atoms with Gasteiger partial charge in [-0.3, -0.25) is 0 Å². The van der Waals surface area contributed by atoms with Crippen LogP contribution in [-0.2, 0) is 16.5 Å². The highest BCUT2D eigenvalue weighted by molar-refractivity contribution is 7.45. The van der Waals surface area contributed by atoms with Crippen molar-refractivity contribution in [1.82, 2.24) is 5.32 Å².